The molecule has 1 N–H and O–H groups in total. The molecule has 0 fully saturated rings. The Morgan fingerprint density at radius 1 is 1.43 bits per heavy atom. The monoisotopic (exact) mass is 392 g/mol. The number of rotatable bonds is 5. The number of nitrogens with one attached hydrogen (secondary N) is 1. The van der Waals surface area contributed by atoms with E-state index < -0.39 is 10.0 Å². The van der Waals surface area contributed by atoms with E-state index >= 15 is 0 Å². The van der Waals surface area contributed by atoms with Gasteiger partial charge in [0.25, 0.3) is 16.0 Å². The summed E-state index contributed by atoms with van der Waals surface area (Å²) < 4.78 is 34.4. The molecular weight excluding hydrogens is 380 g/mol. The van der Waals surface area contributed by atoms with Crippen molar-refractivity contribution in [2.45, 2.75) is 10.1 Å². The Morgan fingerprint density at radius 2 is 2.14 bits per heavy atom. The van der Waals surface area contributed by atoms with Crippen molar-refractivity contribution in [3.8, 4) is 5.75 Å². The van der Waals surface area contributed by atoms with E-state index in [1.165, 1.54) is 29.6 Å². The minimum Gasteiger partial charge on any atom is -0.495 e. The van der Waals surface area contributed by atoms with Crippen LogP contribution in [-0.4, -0.2) is 36.5 Å². The maximum atomic E-state index is 12.4. The smallest absolute Gasteiger partial charge is 0.267 e. The van der Waals surface area contributed by atoms with Crippen molar-refractivity contribution in [3.63, 3.8) is 0 Å². The lowest BCUT2D eigenvalue weighted by molar-refractivity contribution is 0.403. The third-order valence-electron chi connectivity index (χ3n) is 2.55. The molecule has 114 valence electrons. The van der Waals surface area contributed by atoms with Crippen LogP contribution in [-0.2, 0) is 17.1 Å². The fraction of sp³-hybridized carbons (Fsp3) is 0.273. The van der Waals surface area contributed by atoms with Crippen molar-refractivity contribution >= 4 is 43.7 Å². The molecule has 0 aliphatic heterocycles. The Morgan fingerprint density at radius 3 is 2.71 bits per heavy atom. The van der Waals surface area contributed by atoms with Crippen LogP contribution in [0.15, 0.2) is 32.7 Å². The van der Waals surface area contributed by atoms with Gasteiger partial charge in [0, 0.05) is 11.5 Å². The quantitative estimate of drug-likeness (QED) is 0.784. The summed E-state index contributed by atoms with van der Waals surface area (Å²) in [6.07, 6.45) is 1.83. The summed E-state index contributed by atoms with van der Waals surface area (Å²) in [6.45, 7) is 0. The second-order valence-corrected chi connectivity index (χ2v) is 7.29. The van der Waals surface area contributed by atoms with Crippen molar-refractivity contribution in [1.29, 1.82) is 0 Å². The summed E-state index contributed by atoms with van der Waals surface area (Å²) in [5.41, 5.74) is 0. The molecule has 1 aromatic heterocycles. The Hall–Kier alpha value is -1.26. The summed E-state index contributed by atoms with van der Waals surface area (Å²) in [5, 5.41) is 4.62. The second kappa shape index (κ2) is 6.24. The van der Waals surface area contributed by atoms with E-state index in [9.17, 15) is 8.42 Å². The predicted molar refractivity (Wildman–Crippen MR) is 84.3 cm³/mol. The van der Waals surface area contributed by atoms with Gasteiger partial charge < -0.3 is 4.74 Å². The van der Waals surface area contributed by atoms with Gasteiger partial charge in [0.15, 0.2) is 5.16 Å². The average Bonchev–Trinajstić information content (AvgIpc) is 2.77. The van der Waals surface area contributed by atoms with Gasteiger partial charge in [-0.05, 0) is 24.5 Å². The molecule has 2 aromatic rings. The van der Waals surface area contributed by atoms with Crippen LogP contribution in [0.3, 0.4) is 0 Å². The standard InChI is InChI=1S/C11H13BrN4O3S2/c1-16-11(20-3)13-10(14-16)15-21(17,18)9-6-7(12)4-5-8(9)19-2/h4-6H,1-3H3,(H,14,15). The van der Waals surface area contributed by atoms with E-state index in [-0.39, 0.29) is 16.6 Å². The molecule has 0 bridgehead atoms. The fourth-order valence-electron chi connectivity index (χ4n) is 1.63. The van der Waals surface area contributed by atoms with E-state index in [0.29, 0.717) is 9.63 Å². The molecule has 0 aliphatic rings. The van der Waals surface area contributed by atoms with Crippen molar-refractivity contribution in [2.75, 3.05) is 18.1 Å². The Balaban J connectivity index is 2.40. The lowest BCUT2D eigenvalue weighted by atomic mass is 10.3. The van der Waals surface area contributed by atoms with Gasteiger partial charge in [-0.25, -0.2) is 17.8 Å². The second-order valence-electron chi connectivity index (χ2n) is 3.95. The molecule has 0 saturated carbocycles. The van der Waals surface area contributed by atoms with Crippen LogP contribution in [0.25, 0.3) is 0 Å². The molecule has 0 radical (unpaired) electrons. The summed E-state index contributed by atoms with van der Waals surface area (Å²) in [7, 11) is -0.742. The molecule has 0 aliphatic carbocycles. The number of methoxy groups -OCH3 is 1. The minimum absolute atomic E-state index is 0.0116. The first-order chi connectivity index (χ1) is 9.87. The number of sulfonamides is 1. The molecular formula is C11H13BrN4O3S2. The van der Waals surface area contributed by atoms with Crippen molar-refractivity contribution in [1.82, 2.24) is 14.8 Å². The molecule has 0 amide bonds. The molecule has 0 atom stereocenters. The highest BCUT2D eigenvalue weighted by atomic mass is 79.9. The zero-order chi connectivity index (χ0) is 15.6. The van der Waals surface area contributed by atoms with E-state index in [1.807, 2.05) is 6.26 Å². The maximum Gasteiger partial charge on any atom is 0.267 e. The lowest BCUT2D eigenvalue weighted by Crippen LogP contribution is -2.15. The van der Waals surface area contributed by atoms with Crippen LogP contribution in [0.5, 0.6) is 5.75 Å². The van der Waals surface area contributed by atoms with E-state index in [4.69, 9.17) is 4.74 Å². The number of anilines is 1. The number of aromatic nitrogens is 3. The van der Waals surface area contributed by atoms with Gasteiger partial charge >= 0.3 is 0 Å². The summed E-state index contributed by atoms with van der Waals surface area (Å²) in [5.74, 6) is 0.260. The van der Waals surface area contributed by atoms with Crippen LogP contribution in [0.2, 0.25) is 0 Å². The predicted octanol–water partition coefficient (Wildman–Crippen LogP) is 2.11. The molecule has 1 aromatic carbocycles. The van der Waals surface area contributed by atoms with Crippen molar-refractivity contribution in [3.05, 3.63) is 22.7 Å². The number of thioether (sulfide) groups is 1. The third-order valence-corrected chi connectivity index (χ3v) is 5.11. The van der Waals surface area contributed by atoms with Crippen molar-refractivity contribution < 1.29 is 13.2 Å². The number of nitrogens with zero attached hydrogens (tertiary/aromatic N) is 3. The number of ether oxygens (including phenoxy) is 1. The highest BCUT2D eigenvalue weighted by Crippen LogP contribution is 2.28. The fourth-order valence-corrected chi connectivity index (χ4v) is 3.76. The maximum absolute atomic E-state index is 12.4. The third kappa shape index (κ3) is 3.50. The molecule has 1 heterocycles. The highest BCUT2D eigenvalue weighted by Gasteiger charge is 2.22. The van der Waals surface area contributed by atoms with Gasteiger partial charge in [-0.2, -0.15) is 4.98 Å². The van der Waals surface area contributed by atoms with Crippen LogP contribution < -0.4 is 9.46 Å². The number of aryl methyl sites for hydroxylation is 1. The van der Waals surface area contributed by atoms with Gasteiger partial charge in [-0.1, -0.05) is 27.7 Å². The van der Waals surface area contributed by atoms with Crippen LogP contribution in [0.4, 0.5) is 5.95 Å². The number of hydrogen-bond donors (Lipinski definition) is 1. The van der Waals surface area contributed by atoms with Crippen molar-refractivity contribution in [2.24, 2.45) is 7.05 Å². The number of hydrogen-bond acceptors (Lipinski definition) is 6. The van der Waals surface area contributed by atoms with Gasteiger partial charge in [-0.15, -0.1) is 5.10 Å². The molecule has 10 heteroatoms. The molecule has 7 nitrogen and oxygen atoms in total. The van der Waals surface area contributed by atoms with Crippen LogP contribution in [0.1, 0.15) is 0 Å². The molecule has 0 saturated heterocycles. The Labute approximate surface area is 135 Å². The lowest BCUT2D eigenvalue weighted by Gasteiger charge is -2.09. The van der Waals surface area contributed by atoms with Crippen LogP contribution in [0, 0.1) is 0 Å². The average molecular weight is 393 g/mol. The van der Waals surface area contributed by atoms with Gasteiger partial charge in [0.05, 0.1) is 7.11 Å². The highest BCUT2D eigenvalue weighted by molar-refractivity contribution is 9.10. The van der Waals surface area contributed by atoms with E-state index in [1.54, 1.807) is 19.2 Å². The SMILES string of the molecule is COc1ccc(Br)cc1S(=O)(=O)Nc1nc(SC)n(C)n1. The van der Waals surface area contributed by atoms with Gasteiger partial charge in [-0.3, -0.25) is 0 Å². The Bertz CT molecular complexity index is 761. The summed E-state index contributed by atoms with van der Waals surface area (Å²) in [6, 6.07) is 4.72. The normalized spacial score (nSPS) is 11.4. The van der Waals surface area contributed by atoms with E-state index in [2.05, 4.69) is 30.7 Å². The molecule has 2 rings (SSSR count). The molecule has 21 heavy (non-hydrogen) atoms. The molecule has 0 unspecified atom stereocenters. The largest absolute Gasteiger partial charge is 0.495 e. The minimum atomic E-state index is -3.84. The van der Waals surface area contributed by atoms with Crippen LogP contribution >= 0.6 is 27.7 Å². The first-order valence-electron chi connectivity index (χ1n) is 5.68. The topological polar surface area (TPSA) is 86.1 Å². The summed E-state index contributed by atoms with van der Waals surface area (Å²) in [4.78, 5) is 4.10. The summed E-state index contributed by atoms with van der Waals surface area (Å²) >= 11 is 4.61. The molecule has 0 spiro atoms. The number of benzene rings is 1. The zero-order valence-electron chi connectivity index (χ0n) is 11.5. The van der Waals surface area contributed by atoms with Gasteiger partial charge in [0.1, 0.15) is 10.6 Å². The first-order valence-corrected chi connectivity index (χ1v) is 9.19. The first kappa shape index (κ1) is 16.1. The van der Waals surface area contributed by atoms with Gasteiger partial charge in [0.2, 0.25) is 0 Å². The number of halogens is 1. The van der Waals surface area contributed by atoms with E-state index in [0.717, 1.165) is 0 Å². The Kier molecular flexibility index (Phi) is 4.79. The zero-order valence-corrected chi connectivity index (χ0v) is 14.7.